The van der Waals surface area contributed by atoms with Crippen LogP contribution in [0.4, 0.5) is 0 Å². The maximum Gasteiger partial charge on any atom is 0.00557 e. The molecule has 3 nitrogen and oxygen atoms in total. The molecule has 0 saturated heterocycles. The highest BCUT2D eigenvalue weighted by atomic mass is 15.0. The van der Waals surface area contributed by atoms with Gasteiger partial charge in [0.2, 0.25) is 0 Å². The Bertz CT molecular complexity index is 262. The zero-order valence-electron chi connectivity index (χ0n) is 11.0. The summed E-state index contributed by atoms with van der Waals surface area (Å²) < 4.78 is 0. The van der Waals surface area contributed by atoms with E-state index < -0.39 is 0 Å². The van der Waals surface area contributed by atoms with E-state index in [2.05, 4.69) is 30.6 Å². The molecule has 0 radical (unpaired) electrons. The van der Waals surface area contributed by atoms with Crippen molar-refractivity contribution in [3.63, 3.8) is 0 Å². The van der Waals surface area contributed by atoms with Crippen molar-refractivity contribution in [2.45, 2.75) is 19.8 Å². The van der Waals surface area contributed by atoms with Gasteiger partial charge in [0.15, 0.2) is 0 Å². The van der Waals surface area contributed by atoms with Crippen LogP contribution in [0.5, 0.6) is 0 Å². The Labute approximate surface area is 99.7 Å². The second kappa shape index (κ2) is 9.04. The molecule has 0 aromatic carbocycles. The van der Waals surface area contributed by atoms with Gasteiger partial charge in [-0.1, -0.05) is 19.1 Å². The second-order valence-electron chi connectivity index (χ2n) is 3.89. The molecule has 0 aromatic heterocycles. The van der Waals surface area contributed by atoms with E-state index in [0.717, 1.165) is 25.0 Å². The molecule has 0 atom stereocenters. The fourth-order valence-corrected chi connectivity index (χ4v) is 1.39. The molecule has 0 aromatic rings. The van der Waals surface area contributed by atoms with Crippen molar-refractivity contribution < 1.29 is 0 Å². The van der Waals surface area contributed by atoms with E-state index in [4.69, 9.17) is 5.73 Å². The normalized spacial score (nSPS) is 13.5. The fraction of sp³-hybridized carbons (Fsp3) is 0.538. The van der Waals surface area contributed by atoms with Crippen molar-refractivity contribution in [2.24, 2.45) is 5.73 Å². The summed E-state index contributed by atoms with van der Waals surface area (Å²) in [5.41, 5.74) is 8.01. The number of nitrogens with one attached hydrogen (secondary N) is 1. The van der Waals surface area contributed by atoms with Gasteiger partial charge in [0.1, 0.15) is 0 Å². The number of hydrogen-bond acceptors (Lipinski definition) is 3. The van der Waals surface area contributed by atoms with Gasteiger partial charge in [0, 0.05) is 26.5 Å². The first-order chi connectivity index (χ1) is 7.65. The summed E-state index contributed by atoms with van der Waals surface area (Å²) in [5.74, 6) is 0. The van der Waals surface area contributed by atoms with E-state index in [0.29, 0.717) is 0 Å². The minimum atomic E-state index is 0.984. The van der Waals surface area contributed by atoms with Crippen LogP contribution in [0, 0.1) is 0 Å². The largest absolute Gasteiger partial charge is 0.404 e. The minimum Gasteiger partial charge on any atom is -0.404 e. The van der Waals surface area contributed by atoms with E-state index in [9.17, 15) is 0 Å². The number of nitrogens with zero attached hydrogens (tertiary/aromatic N) is 1. The van der Waals surface area contributed by atoms with E-state index in [-0.39, 0.29) is 0 Å². The molecule has 0 fully saturated rings. The van der Waals surface area contributed by atoms with Gasteiger partial charge in [0.25, 0.3) is 0 Å². The molecular formula is C13H25N3. The molecule has 0 aliphatic heterocycles. The summed E-state index contributed by atoms with van der Waals surface area (Å²) in [6.45, 7) is 3.13. The Hall–Kier alpha value is -1.22. The summed E-state index contributed by atoms with van der Waals surface area (Å²) >= 11 is 0. The zero-order valence-corrected chi connectivity index (χ0v) is 11.0. The molecule has 0 amide bonds. The van der Waals surface area contributed by atoms with E-state index in [1.807, 2.05) is 26.0 Å². The SMILES string of the molecule is CCC(=C\N(C)C)/C(/C=C\CCNC)=C/N. The van der Waals surface area contributed by atoms with Gasteiger partial charge in [-0.05, 0) is 37.6 Å². The van der Waals surface area contributed by atoms with Gasteiger partial charge in [-0.2, -0.15) is 0 Å². The molecule has 0 rings (SSSR count). The molecule has 3 N–H and O–H groups in total. The summed E-state index contributed by atoms with van der Waals surface area (Å²) in [6.07, 6.45) is 10.0. The Balaban J connectivity index is 4.53. The average molecular weight is 223 g/mol. The Morgan fingerprint density at radius 2 is 2.06 bits per heavy atom. The van der Waals surface area contributed by atoms with E-state index >= 15 is 0 Å². The highest BCUT2D eigenvalue weighted by molar-refractivity contribution is 5.38. The van der Waals surface area contributed by atoms with Gasteiger partial charge < -0.3 is 16.0 Å². The van der Waals surface area contributed by atoms with Crippen LogP contribution < -0.4 is 11.1 Å². The molecule has 0 unspecified atom stereocenters. The average Bonchev–Trinajstić information content (AvgIpc) is 2.26. The lowest BCUT2D eigenvalue weighted by molar-refractivity contribution is 0.557. The second-order valence-corrected chi connectivity index (χ2v) is 3.89. The summed E-state index contributed by atoms with van der Waals surface area (Å²) in [6, 6.07) is 0. The topological polar surface area (TPSA) is 41.3 Å². The highest BCUT2D eigenvalue weighted by Crippen LogP contribution is 2.14. The predicted molar refractivity (Wildman–Crippen MR) is 72.0 cm³/mol. The number of nitrogens with two attached hydrogens (primary N) is 1. The zero-order chi connectivity index (χ0) is 12.4. The Morgan fingerprint density at radius 3 is 2.50 bits per heavy atom. The van der Waals surface area contributed by atoms with Crippen LogP contribution in [-0.2, 0) is 0 Å². The van der Waals surface area contributed by atoms with Crippen molar-refractivity contribution in [1.82, 2.24) is 10.2 Å². The summed E-state index contributed by atoms with van der Waals surface area (Å²) in [5, 5.41) is 3.11. The summed E-state index contributed by atoms with van der Waals surface area (Å²) in [7, 11) is 6.00. The number of rotatable bonds is 7. The summed E-state index contributed by atoms with van der Waals surface area (Å²) in [4.78, 5) is 2.05. The van der Waals surface area contributed by atoms with Crippen molar-refractivity contribution >= 4 is 0 Å². The van der Waals surface area contributed by atoms with Gasteiger partial charge in [-0.15, -0.1) is 0 Å². The van der Waals surface area contributed by atoms with Crippen LogP contribution >= 0.6 is 0 Å². The fourth-order valence-electron chi connectivity index (χ4n) is 1.39. The molecule has 16 heavy (non-hydrogen) atoms. The van der Waals surface area contributed by atoms with Crippen molar-refractivity contribution in [1.29, 1.82) is 0 Å². The van der Waals surface area contributed by atoms with Crippen LogP contribution in [0.25, 0.3) is 0 Å². The smallest absolute Gasteiger partial charge is 0.00557 e. The Kier molecular flexibility index (Phi) is 8.35. The number of allylic oxidation sites excluding steroid dienone is 3. The van der Waals surface area contributed by atoms with Crippen LogP contribution in [0.2, 0.25) is 0 Å². The van der Waals surface area contributed by atoms with Crippen LogP contribution in [0.3, 0.4) is 0 Å². The lowest BCUT2D eigenvalue weighted by Gasteiger charge is -2.11. The van der Waals surface area contributed by atoms with Crippen LogP contribution in [-0.4, -0.2) is 32.6 Å². The lowest BCUT2D eigenvalue weighted by Crippen LogP contribution is -2.06. The Morgan fingerprint density at radius 1 is 1.38 bits per heavy atom. The molecule has 0 bridgehead atoms. The van der Waals surface area contributed by atoms with Crippen molar-refractivity contribution in [2.75, 3.05) is 27.7 Å². The third-order valence-electron chi connectivity index (χ3n) is 2.20. The molecule has 0 aliphatic carbocycles. The van der Waals surface area contributed by atoms with E-state index in [1.165, 1.54) is 5.57 Å². The maximum absolute atomic E-state index is 5.65. The van der Waals surface area contributed by atoms with Crippen LogP contribution in [0.15, 0.2) is 35.7 Å². The quantitative estimate of drug-likeness (QED) is 0.511. The third kappa shape index (κ3) is 6.30. The minimum absolute atomic E-state index is 0.984. The third-order valence-corrected chi connectivity index (χ3v) is 2.20. The molecule has 3 heteroatoms. The molecular weight excluding hydrogens is 198 g/mol. The predicted octanol–water partition coefficient (Wildman–Crippen LogP) is 1.85. The lowest BCUT2D eigenvalue weighted by atomic mass is 10.0. The first-order valence-corrected chi connectivity index (χ1v) is 5.76. The first kappa shape index (κ1) is 14.8. The van der Waals surface area contributed by atoms with Gasteiger partial charge >= 0.3 is 0 Å². The highest BCUT2D eigenvalue weighted by Gasteiger charge is 1.99. The monoisotopic (exact) mass is 223 g/mol. The standard InChI is InChI=1S/C13H25N3/c1-5-12(11-16(3)4)13(10-14)8-6-7-9-15-2/h6,8,10-11,15H,5,7,9,14H2,1-4H3/b8-6-,12-11+,13-10+. The number of hydrogen-bond donors (Lipinski definition) is 2. The molecule has 0 saturated carbocycles. The van der Waals surface area contributed by atoms with E-state index in [1.54, 1.807) is 6.20 Å². The van der Waals surface area contributed by atoms with Gasteiger partial charge in [0.05, 0.1) is 0 Å². The maximum atomic E-state index is 5.65. The molecule has 92 valence electrons. The molecule has 0 heterocycles. The van der Waals surface area contributed by atoms with Crippen LogP contribution in [0.1, 0.15) is 19.8 Å². The first-order valence-electron chi connectivity index (χ1n) is 5.76. The van der Waals surface area contributed by atoms with Crippen molar-refractivity contribution in [3.05, 3.63) is 35.7 Å². The van der Waals surface area contributed by atoms with Crippen molar-refractivity contribution in [3.8, 4) is 0 Å². The molecule has 0 spiro atoms. The van der Waals surface area contributed by atoms with Gasteiger partial charge in [-0.25, -0.2) is 0 Å². The van der Waals surface area contributed by atoms with Gasteiger partial charge in [-0.3, -0.25) is 0 Å². The molecule has 0 aliphatic rings.